The first-order valence-electron chi connectivity index (χ1n) is 20.8. The van der Waals surface area contributed by atoms with Gasteiger partial charge in [0.25, 0.3) is 0 Å². The molecule has 0 bridgehead atoms. The molecule has 290 valence electrons. The van der Waals surface area contributed by atoms with E-state index in [9.17, 15) is 19.8 Å². The van der Waals surface area contributed by atoms with Crippen molar-refractivity contribution in [1.82, 2.24) is 0 Å². The van der Waals surface area contributed by atoms with Crippen molar-refractivity contribution >= 4 is 11.9 Å². The highest BCUT2D eigenvalue weighted by molar-refractivity contribution is 5.70. The van der Waals surface area contributed by atoms with Gasteiger partial charge in [0, 0.05) is 12.8 Å². The maximum absolute atomic E-state index is 12.2. The highest BCUT2D eigenvalue weighted by Gasteiger charge is 2.16. The van der Waals surface area contributed by atoms with E-state index in [0.717, 1.165) is 57.8 Å². The Labute approximate surface area is 308 Å². The molecule has 0 aliphatic heterocycles. The molecule has 50 heavy (non-hydrogen) atoms. The molecule has 0 aliphatic carbocycles. The molecule has 2 atom stereocenters. The Bertz CT molecular complexity index is 861. The molecule has 0 fully saturated rings. The summed E-state index contributed by atoms with van der Waals surface area (Å²) in [6.45, 7) is 3.97. The SMILES string of the molecule is CCCCCCCCCCCCCCCCCCCCC(=O)O[C@@H](CO)COC(=O)CCC/C=C\C/C=C\C/C=C\C=C\[C@H](O)CCCCC. The van der Waals surface area contributed by atoms with Crippen molar-refractivity contribution < 1.29 is 29.3 Å². The predicted molar refractivity (Wildman–Crippen MR) is 211 cm³/mol. The highest BCUT2D eigenvalue weighted by Crippen LogP contribution is 2.15. The van der Waals surface area contributed by atoms with E-state index in [4.69, 9.17) is 9.47 Å². The molecule has 0 radical (unpaired) electrons. The van der Waals surface area contributed by atoms with E-state index < -0.39 is 6.10 Å². The zero-order valence-corrected chi connectivity index (χ0v) is 32.5. The van der Waals surface area contributed by atoms with Crippen LogP contribution in [-0.2, 0) is 19.1 Å². The van der Waals surface area contributed by atoms with E-state index in [1.54, 1.807) is 0 Å². The number of aliphatic hydroxyl groups is 2. The summed E-state index contributed by atoms with van der Waals surface area (Å²) in [5.41, 5.74) is 0. The number of ether oxygens (including phenoxy) is 2. The first kappa shape index (κ1) is 47.8. The van der Waals surface area contributed by atoms with Crippen LogP contribution in [0.1, 0.15) is 194 Å². The molecule has 0 unspecified atom stereocenters. The Morgan fingerprint density at radius 1 is 0.560 bits per heavy atom. The van der Waals surface area contributed by atoms with Gasteiger partial charge in [-0.15, -0.1) is 0 Å². The van der Waals surface area contributed by atoms with Gasteiger partial charge in [0.05, 0.1) is 12.7 Å². The lowest BCUT2D eigenvalue weighted by atomic mass is 10.0. The fraction of sp³-hybridized carbons (Fsp3) is 0.773. The Kier molecular flexibility index (Phi) is 37.9. The van der Waals surface area contributed by atoms with Gasteiger partial charge in [-0.2, -0.15) is 0 Å². The number of rotatable bonds is 37. The van der Waals surface area contributed by atoms with Crippen LogP contribution in [0.2, 0.25) is 0 Å². The summed E-state index contributed by atoms with van der Waals surface area (Å²) in [7, 11) is 0. The van der Waals surface area contributed by atoms with E-state index >= 15 is 0 Å². The third-order valence-corrected chi connectivity index (χ3v) is 8.98. The molecule has 0 amide bonds. The van der Waals surface area contributed by atoms with Crippen molar-refractivity contribution in [3.63, 3.8) is 0 Å². The van der Waals surface area contributed by atoms with Crippen LogP contribution in [-0.4, -0.2) is 47.6 Å². The number of hydrogen-bond acceptors (Lipinski definition) is 6. The van der Waals surface area contributed by atoms with Crippen LogP contribution in [0.25, 0.3) is 0 Å². The zero-order chi connectivity index (χ0) is 36.6. The van der Waals surface area contributed by atoms with Crippen LogP contribution < -0.4 is 0 Å². The second-order valence-corrected chi connectivity index (χ2v) is 13.9. The monoisotopic (exact) mass is 703 g/mol. The van der Waals surface area contributed by atoms with Crippen molar-refractivity contribution in [2.75, 3.05) is 13.2 Å². The summed E-state index contributed by atoms with van der Waals surface area (Å²) in [5.74, 6) is -0.678. The van der Waals surface area contributed by atoms with E-state index in [1.807, 2.05) is 18.2 Å². The molecule has 6 heteroatoms. The van der Waals surface area contributed by atoms with E-state index in [0.29, 0.717) is 12.8 Å². The molecule has 0 heterocycles. The van der Waals surface area contributed by atoms with Crippen LogP contribution in [0.5, 0.6) is 0 Å². The lowest BCUT2D eigenvalue weighted by Gasteiger charge is -2.15. The Hall–Kier alpha value is -2.18. The third-order valence-electron chi connectivity index (χ3n) is 8.98. The normalized spacial score (nSPS) is 13.3. The fourth-order valence-electron chi connectivity index (χ4n) is 5.78. The second-order valence-electron chi connectivity index (χ2n) is 13.9. The van der Waals surface area contributed by atoms with Gasteiger partial charge in [-0.25, -0.2) is 0 Å². The number of allylic oxidation sites excluding steroid dienone is 7. The molecule has 0 saturated carbocycles. The minimum Gasteiger partial charge on any atom is -0.462 e. The topological polar surface area (TPSA) is 93.1 Å². The summed E-state index contributed by atoms with van der Waals surface area (Å²) < 4.78 is 10.6. The summed E-state index contributed by atoms with van der Waals surface area (Å²) in [5, 5.41) is 19.4. The van der Waals surface area contributed by atoms with E-state index in [1.165, 1.54) is 103 Å². The zero-order valence-electron chi connectivity index (χ0n) is 32.5. The summed E-state index contributed by atoms with van der Waals surface area (Å²) >= 11 is 0. The molecular formula is C44H78O6. The van der Waals surface area contributed by atoms with Crippen molar-refractivity contribution in [3.05, 3.63) is 48.6 Å². The average Bonchev–Trinajstić information content (AvgIpc) is 3.11. The van der Waals surface area contributed by atoms with Gasteiger partial charge in [0.2, 0.25) is 0 Å². The van der Waals surface area contributed by atoms with Crippen molar-refractivity contribution in [1.29, 1.82) is 0 Å². The Balaban J connectivity index is 3.66. The number of aliphatic hydroxyl groups excluding tert-OH is 2. The molecule has 0 aromatic rings. The van der Waals surface area contributed by atoms with Gasteiger partial charge >= 0.3 is 11.9 Å². The predicted octanol–water partition coefficient (Wildman–Crippen LogP) is 12.0. The molecule has 0 aromatic heterocycles. The van der Waals surface area contributed by atoms with Gasteiger partial charge in [0.1, 0.15) is 6.61 Å². The number of esters is 2. The van der Waals surface area contributed by atoms with E-state index in [2.05, 4.69) is 44.2 Å². The molecule has 0 aromatic carbocycles. The lowest BCUT2D eigenvalue weighted by molar-refractivity contribution is -0.161. The molecule has 2 N–H and O–H groups in total. The third kappa shape index (κ3) is 37.1. The van der Waals surface area contributed by atoms with Gasteiger partial charge < -0.3 is 19.7 Å². The molecule has 6 nitrogen and oxygen atoms in total. The number of carbonyl (C=O) groups excluding carboxylic acids is 2. The van der Waals surface area contributed by atoms with E-state index in [-0.39, 0.29) is 37.7 Å². The molecule has 0 aliphatic rings. The quantitative estimate of drug-likeness (QED) is 0.0290. The smallest absolute Gasteiger partial charge is 0.306 e. The summed E-state index contributed by atoms with van der Waals surface area (Å²) in [4.78, 5) is 24.3. The first-order chi connectivity index (χ1) is 24.5. The molecule has 0 saturated heterocycles. The average molecular weight is 703 g/mol. The number of carbonyl (C=O) groups is 2. The first-order valence-corrected chi connectivity index (χ1v) is 20.8. The van der Waals surface area contributed by atoms with Crippen molar-refractivity contribution in [3.8, 4) is 0 Å². The minimum absolute atomic E-state index is 0.107. The molecular weight excluding hydrogens is 624 g/mol. The van der Waals surface area contributed by atoms with Crippen LogP contribution in [0.3, 0.4) is 0 Å². The Morgan fingerprint density at radius 2 is 1.04 bits per heavy atom. The molecule has 0 rings (SSSR count). The second kappa shape index (κ2) is 39.6. The molecule has 0 spiro atoms. The van der Waals surface area contributed by atoms with Crippen LogP contribution >= 0.6 is 0 Å². The summed E-state index contributed by atoms with van der Waals surface area (Å²) in [6.07, 6.45) is 46.5. The van der Waals surface area contributed by atoms with Gasteiger partial charge in [-0.05, 0) is 38.5 Å². The number of unbranched alkanes of at least 4 members (excludes halogenated alkanes) is 20. The maximum atomic E-state index is 12.2. The van der Waals surface area contributed by atoms with Gasteiger partial charge in [0.15, 0.2) is 6.10 Å². The van der Waals surface area contributed by atoms with Crippen LogP contribution in [0, 0.1) is 0 Å². The van der Waals surface area contributed by atoms with Crippen LogP contribution in [0.4, 0.5) is 0 Å². The lowest BCUT2D eigenvalue weighted by Crippen LogP contribution is -2.28. The summed E-state index contributed by atoms with van der Waals surface area (Å²) in [6, 6.07) is 0. The van der Waals surface area contributed by atoms with Crippen molar-refractivity contribution in [2.45, 2.75) is 206 Å². The minimum atomic E-state index is -0.804. The Morgan fingerprint density at radius 3 is 1.60 bits per heavy atom. The fourth-order valence-corrected chi connectivity index (χ4v) is 5.78. The van der Waals surface area contributed by atoms with Crippen LogP contribution in [0.15, 0.2) is 48.6 Å². The van der Waals surface area contributed by atoms with Gasteiger partial charge in [-0.3, -0.25) is 9.59 Å². The standard InChI is InChI=1S/C44H78O6/c1-3-5-7-8-9-10-11-12-13-14-15-16-17-20-24-27-30-34-38-44(48)50-42(39-45)40-49-43(47)37-33-29-26-23-21-18-19-22-25-28-32-36-41(46)35-31-6-4-2/h18-19,23,25-26,28,32,36,41-42,45-46H,3-17,20-22,24,27,29-31,33-35,37-40H2,1-2H3/b19-18-,26-23-,28-25-,36-32+/t41-,42+/m1/s1. The van der Waals surface area contributed by atoms with Gasteiger partial charge in [-0.1, -0.05) is 191 Å². The number of hydrogen-bond donors (Lipinski definition) is 2. The maximum Gasteiger partial charge on any atom is 0.306 e. The van der Waals surface area contributed by atoms with Crippen molar-refractivity contribution in [2.24, 2.45) is 0 Å². The highest BCUT2D eigenvalue weighted by atomic mass is 16.6. The largest absolute Gasteiger partial charge is 0.462 e.